The summed E-state index contributed by atoms with van der Waals surface area (Å²) in [4.78, 5) is 32.7. The molecular weight excluding hydrogens is 412 g/mol. The van der Waals surface area contributed by atoms with Gasteiger partial charge >= 0.3 is 0 Å². The number of carbonyl (C=O) groups excluding carboxylic acids is 2. The molecule has 1 aromatic heterocycles. The monoisotopic (exact) mass is 444 g/mol. The number of aromatic nitrogens is 1. The molecule has 1 aliphatic heterocycles. The van der Waals surface area contributed by atoms with E-state index in [2.05, 4.69) is 46.5 Å². The SMILES string of the molecule is CC(C)C[C@H](NC(=O)c1cc2ccccc2cn1)C(=O)N[C@H]1CCN(Cc2ccccc2)C1. The van der Waals surface area contributed by atoms with Gasteiger partial charge in [0.1, 0.15) is 11.7 Å². The van der Waals surface area contributed by atoms with Crippen molar-refractivity contribution in [3.8, 4) is 0 Å². The number of likely N-dealkylation sites (tertiary alicyclic amines) is 1. The van der Waals surface area contributed by atoms with Gasteiger partial charge < -0.3 is 10.6 Å². The third kappa shape index (κ3) is 6.17. The van der Waals surface area contributed by atoms with Crippen LogP contribution in [0.25, 0.3) is 10.8 Å². The van der Waals surface area contributed by atoms with Gasteiger partial charge in [-0.15, -0.1) is 0 Å². The summed E-state index contributed by atoms with van der Waals surface area (Å²) in [6.45, 7) is 6.75. The topological polar surface area (TPSA) is 74.3 Å². The van der Waals surface area contributed by atoms with Crippen molar-refractivity contribution in [1.82, 2.24) is 20.5 Å². The third-order valence-electron chi connectivity index (χ3n) is 6.06. The number of hydrogen-bond donors (Lipinski definition) is 2. The molecule has 2 N–H and O–H groups in total. The molecule has 3 aromatic rings. The van der Waals surface area contributed by atoms with E-state index in [1.807, 2.05) is 42.5 Å². The average Bonchev–Trinajstić information content (AvgIpc) is 3.25. The molecule has 2 aromatic carbocycles. The van der Waals surface area contributed by atoms with Crippen molar-refractivity contribution >= 4 is 22.6 Å². The minimum absolute atomic E-state index is 0.0894. The Labute approximate surface area is 195 Å². The van der Waals surface area contributed by atoms with E-state index in [1.54, 1.807) is 12.3 Å². The standard InChI is InChI=1S/C27H32N4O2/c1-19(2)14-25(30-26(32)24-15-21-10-6-7-11-22(21)16-28-24)27(33)29-23-12-13-31(18-23)17-20-8-4-3-5-9-20/h3-11,15-16,19,23,25H,12-14,17-18H2,1-2H3,(H,29,33)(H,30,32)/t23-,25-/m0/s1. The van der Waals surface area contributed by atoms with E-state index in [-0.39, 0.29) is 23.8 Å². The summed E-state index contributed by atoms with van der Waals surface area (Å²) >= 11 is 0. The van der Waals surface area contributed by atoms with Gasteiger partial charge in [-0.05, 0) is 35.8 Å². The molecule has 1 fully saturated rings. The van der Waals surface area contributed by atoms with Crippen LogP contribution in [0, 0.1) is 5.92 Å². The molecule has 33 heavy (non-hydrogen) atoms. The van der Waals surface area contributed by atoms with Crippen molar-refractivity contribution in [2.45, 2.75) is 45.3 Å². The number of rotatable bonds is 8. The van der Waals surface area contributed by atoms with Gasteiger partial charge in [0, 0.05) is 37.3 Å². The molecule has 2 amide bonds. The molecule has 2 atom stereocenters. The number of nitrogens with one attached hydrogen (secondary N) is 2. The van der Waals surface area contributed by atoms with E-state index in [1.165, 1.54) is 5.56 Å². The van der Waals surface area contributed by atoms with Crippen molar-refractivity contribution in [2.24, 2.45) is 5.92 Å². The van der Waals surface area contributed by atoms with Crippen LogP contribution in [-0.2, 0) is 11.3 Å². The Morgan fingerprint density at radius 2 is 1.79 bits per heavy atom. The minimum atomic E-state index is -0.589. The molecule has 6 heteroatoms. The molecule has 1 saturated heterocycles. The van der Waals surface area contributed by atoms with Crippen molar-refractivity contribution in [3.63, 3.8) is 0 Å². The molecule has 1 aliphatic rings. The summed E-state index contributed by atoms with van der Waals surface area (Å²) in [5.74, 6) is -0.174. The quantitative estimate of drug-likeness (QED) is 0.555. The maximum Gasteiger partial charge on any atom is 0.270 e. The van der Waals surface area contributed by atoms with Crippen LogP contribution < -0.4 is 10.6 Å². The lowest BCUT2D eigenvalue weighted by Gasteiger charge is -2.23. The first-order valence-corrected chi connectivity index (χ1v) is 11.7. The molecule has 6 nitrogen and oxygen atoms in total. The van der Waals surface area contributed by atoms with E-state index in [4.69, 9.17) is 0 Å². The second-order valence-corrected chi connectivity index (χ2v) is 9.29. The first-order valence-electron chi connectivity index (χ1n) is 11.7. The Kier molecular flexibility index (Phi) is 7.35. The zero-order chi connectivity index (χ0) is 23.2. The number of fused-ring (bicyclic) bond motifs is 1. The van der Waals surface area contributed by atoms with E-state index >= 15 is 0 Å². The van der Waals surface area contributed by atoms with Crippen LogP contribution >= 0.6 is 0 Å². The highest BCUT2D eigenvalue weighted by molar-refractivity contribution is 5.98. The molecule has 2 heterocycles. The molecule has 0 bridgehead atoms. The highest BCUT2D eigenvalue weighted by Gasteiger charge is 2.28. The van der Waals surface area contributed by atoms with Crippen LogP contribution in [0.4, 0.5) is 0 Å². The van der Waals surface area contributed by atoms with Gasteiger partial charge in [-0.1, -0.05) is 68.4 Å². The van der Waals surface area contributed by atoms with Crippen molar-refractivity contribution < 1.29 is 9.59 Å². The van der Waals surface area contributed by atoms with E-state index < -0.39 is 6.04 Å². The molecule has 0 unspecified atom stereocenters. The summed E-state index contributed by atoms with van der Waals surface area (Å²) < 4.78 is 0. The summed E-state index contributed by atoms with van der Waals surface area (Å²) in [5.41, 5.74) is 1.60. The summed E-state index contributed by atoms with van der Waals surface area (Å²) in [7, 11) is 0. The second kappa shape index (κ2) is 10.6. The van der Waals surface area contributed by atoms with Crippen LogP contribution in [0.2, 0.25) is 0 Å². The lowest BCUT2D eigenvalue weighted by molar-refractivity contribution is -0.124. The Morgan fingerprint density at radius 1 is 1.06 bits per heavy atom. The Bertz CT molecular complexity index is 1100. The van der Waals surface area contributed by atoms with Gasteiger partial charge in [0.05, 0.1) is 0 Å². The fourth-order valence-electron chi connectivity index (χ4n) is 4.38. The van der Waals surface area contributed by atoms with Crippen LogP contribution in [0.3, 0.4) is 0 Å². The van der Waals surface area contributed by atoms with E-state index in [9.17, 15) is 9.59 Å². The fourth-order valence-corrected chi connectivity index (χ4v) is 4.38. The number of hydrogen-bond acceptors (Lipinski definition) is 4. The van der Waals surface area contributed by atoms with Gasteiger partial charge in [-0.25, -0.2) is 0 Å². The predicted molar refractivity (Wildman–Crippen MR) is 131 cm³/mol. The smallest absolute Gasteiger partial charge is 0.270 e. The first kappa shape index (κ1) is 22.9. The average molecular weight is 445 g/mol. The normalized spacial score (nSPS) is 17.2. The lowest BCUT2D eigenvalue weighted by atomic mass is 10.0. The van der Waals surface area contributed by atoms with Gasteiger partial charge in [0.2, 0.25) is 5.91 Å². The van der Waals surface area contributed by atoms with Crippen molar-refractivity contribution in [2.75, 3.05) is 13.1 Å². The van der Waals surface area contributed by atoms with Crippen LogP contribution in [0.15, 0.2) is 66.9 Å². The summed E-state index contributed by atoms with van der Waals surface area (Å²) in [5, 5.41) is 8.03. The number of pyridine rings is 1. The second-order valence-electron chi connectivity index (χ2n) is 9.29. The number of benzene rings is 2. The molecule has 172 valence electrons. The molecule has 4 rings (SSSR count). The van der Waals surface area contributed by atoms with Crippen LogP contribution in [-0.4, -0.2) is 46.9 Å². The van der Waals surface area contributed by atoms with Gasteiger partial charge in [-0.2, -0.15) is 0 Å². The predicted octanol–water partition coefficient (Wildman–Crippen LogP) is 3.77. The Morgan fingerprint density at radius 3 is 2.55 bits per heavy atom. The first-order chi connectivity index (χ1) is 16.0. The number of carbonyl (C=O) groups is 2. The molecule has 0 spiro atoms. The molecule has 0 saturated carbocycles. The van der Waals surface area contributed by atoms with Gasteiger partial charge in [-0.3, -0.25) is 19.5 Å². The molecule has 0 aliphatic carbocycles. The molecule has 0 radical (unpaired) electrons. The van der Waals surface area contributed by atoms with Gasteiger partial charge in [0.15, 0.2) is 0 Å². The Balaban J connectivity index is 1.37. The largest absolute Gasteiger partial charge is 0.350 e. The Hall–Kier alpha value is -3.25. The number of nitrogens with zero attached hydrogens (tertiary/aromatic N) is 2. The summed E-state index contributed by atoms with van der Waals surface area (Å²) in [6.07, 6.45) is 3.18. The zero-order valence-electron chi connectivity index (χ0n) is 19.3. The maximum atomic E-state index is 13.1. The maximum absolute atomic E-state index is 13.1. The third-order valence-corrected chi connectivity index (χ3v) is 6.06. The fraction of sp³-hybridized carbons (Fsp3) is 0.370. The van der Waals surface area contributed by atoms with Crippen molar-refractivity contribution in [1.29, 1.82) is 0 Å². The van der Waals surface area contributed by atoms with Crippen LogP contribution in [0.1, 0.15) is 42.7 Å². The highest BCUT2D eigenvalue weighted by atomic mass is 16.2. The van der Waals surface area contributed by atoms with E-state index in [0.29, 0.717) is 12.1 Å². The van der Waals surface area contributed by atoms with Crippen LogP contribution in [0.5, 0.6) is 0 Å². The van der Waals surface area contributed by atoms with E-state index in [0.717, 1.165) is 36.8 Å². The molecular formula is C27H32N4O2. The van der Waals surface area contributed by atoms with Gasteiger partial charge in [0.25, 0.3) is 5.91 Å². The number of amides is 2. The minimum Gasteiger partial charge on any atom is -0.350 e. The van der Waals surface area contributed by atoms with Crippen molar-refractivity contribution in [3.05, 3.63) is 78.1 Å². The lowest BCUT2D eigenvalue weighted by Crippen LogP contribution is -2.50. The highest BCUT2D eigenvalue weighted by Crippen LogP contribution is 2.16. The summed E-state index contributed by atoms with van der Waals surface area (Å²) in [6, 6.07) is 19.4. The zero-order valence-corrected chi connectivity index (χ0v) is 19.3.